The van der Waals surface area contributed by atoms with Crippen molar-refractivity contribution in [2.75, 3.05) is 13.7 Å². The molecule has 12 nitrogen and oxygen atoms in total. The molecule has 9 N–H and O–H groups in total. The van der Waals surface area contributed by atoms with Crippen LogP contribution in [-0.2, 0) is 14.2 Å². The van der Waals surface area contributed by atoms with Gasteiger partial charge in [0.1, 0.15) is 36.6 Å². The summed E-state index contributed by atoms with van der Waals surface area (Å²) >= 11 is 0. The van der Waals surface area contributed by atoms with Crippen LogP contribution in [0.2, 0.25) is 0 Å². The molecule has 0 aromatic heterocycles. The lowest BCUT2D eigenvalue weighted by molar-refractivity contribution is -0.357. The van der Waals surface area contributed by atoms with Gasteiger partial charge in [0.15, 0.2) is 18.5 Å². The Labute approximate surface area is 197 Å². The zero-order valence-corrected chi connectivity index (χ0v) is 19.2. The van der Waals surface area contributed by atoms with Crippen LogP contribution in [0.5, 0.6) is 0 Å². The average Bonchev–Trinajstić information content (AvgIpc) is 2.81. The van der Waals surface area contributed by atoms with Gasteiger partial charge >= 0.3 is 0 Å². The second kappa shape index (κ2) is 10.9. The van der Waals surface area contributed by atoms with Crippen LogP contribution in [-0.4, -0.2) is 139 Å². The monoisotopic (exact) mass is 495 g/mol. The predicted octanol–water partition coefficient (Wildman–Crippen LogP) is -3.88. The van der Waals surface area contributed by atoms with Gasteiger partial charge in [-0.25, -0.2) is 0 Å². The van der Waals surface area contributed by atoms with Crippen LogP contribution in [0.25, 0.3) is 0 Å². The Morgan fingerprint density at radius 2 is 1.53 bits per heavy atom. The van der Waals surface area contributed by atoms with Gasteiger partial charge in [0, 0.05) is 25.9 Å². The number of rotatable bonds is 5. The molecule has 4 fully saturated rings. The minimum Gasteiger partial charge on any atom is -0.427 e. The molecule has 0 aromatic rings. The first-order chi connectivity index (χ1) is 16.1. The molecular weight excluding hydrogens is 456 g/mol. The molecule has 0 spiro atoms. The molecule has 10 unspecified atom stereocenters. The molecule has 2 aliphatic carbocycles. The average molecular weight is 496 g/mol. The molecule has 0 aromatic carbocycles. The molecule has 2 aliphatic heterocycles. The summed E-state index contributed by atoms with van der Waals surface area (Å²) in [6.45, 7) is -0.590. The summed E-state index contributed by atoms with van der Waals surface area (Å²) < 4.78 is 21.9. The third kappa shape index (κ3) is 5.15. The van der Waals surface area contributed by atoms with E-state index < -0.39 is 80.0 Å². The molecule has 2 heterocycles. The summed E-state index contributed by atoms with van der Waals surface area (Å²) in [6.07, 6.45) is -11.4. The van der Waals surface area contributed by atoms with Crippen molar-refractivity contribution in [2.24, 2.45) is 11.8 Å². The summed E-state index contributed by atoms with van der Waals surface area (Å²) in [4.78, 5) is 0. The van der Waals surface area contributed by atoms with Gasteiger partial charge in [0.2, 0.25) is 0 Å². The van der Waals surface area contributed by atoms with E-state index in [0.29, 0.717) is 19.3 Å². The van der Waals surface area contributed by atoms with Crippen molar-refractivity contribution < 1.29 is 59.8 Å². The third-order valence-electron chi connectivity index (χ3n) is 8.06. The van der Waals surface area contributed by atoms with Crippen molar-refractivity contribution in [2.45, 2.75) is 112 Å². The zero-order valence-electron chi connectivity index (χ0n) is 19.2. The van der Waals surface area contributed by atoms with Crippen molar-refractivity contribution in [3.8, 4) is 0 Å². The number of methoxy groups -OCH3 is 1. The summed E-state index contributed by atoms with van der Waals surface area (Å²) in [7, 11) is 1.45. The fourth-order valence-electron chi connectivity index (χ4n) is 6.13. The van der Waals surface area contributed by atoms with Crippen molar-refractivity contribution in [3.05, 3.63) is 0 Å². The second-order valence-electron chi connectivity index (χ2n) is 10.2. The zero-order chi connectivity index (χ0) is 24.7. The lowest BCUT2D eigenvalue weighted by Gasteiger charge is -2.49. The van der Waals surface area contributed by atoms with Gasteiger partial charge in [-0.2, -0.15) is 0 Å². The highest BCUT2D eigenvalue weighted by atomic mass is 16.7. The number of aliphatic hydroxyl groups excluding tert-OH is 8. The highest BCUT2D eigenvalue weighted by Gasteiger charge is 2.55. The maximum Gasteiger partial charge on any atom is 0.187 e. The Balaban J connectivity index is 1.57. The standard InChI is InChI=1S/C22H38O12/c1-31-14-3-8(2-12(26)17(14)27)21-15(6-10-11(25)4-9(24)5-13(10)32-21)33-22-20(30)19(29)18(28)16(7-23)34-22/h8-30H,2-7H2,1H3/p+1/t8?,9?,10?,11?,12?,13?,14?,15?,16-,17?,18-,19+,20-,21?,22+/m1/s1. The van der Waals surface area contributed by atoms with E-state index in [2.05, 4.69) is 0 Å². The fourth-order valence-corrected chi connectivity index (χ4v) is 6.13. The van der Waals surface area contributed by atoms with Crippen LogP contribution in [0.3, 0.4) is 0 Å². The first-order valence-electron chi connectivity index (χ1n) is 12.1. The minimum atomic E-state index is -1.59. The first-order valence-corrected chi connectivity index (χ1v) is 12.1. The molecule has 4 aliphatic rings. The van der Waals surface area contributed by atoms with Gasteiger partial charge in [-0.15, -0.1) is 0 Å². The Kier molecular flexibility index (Phi) is 8.50. The van der Waals surface area contributed by atoms with Gasteiger partial charge in [0.05, 0.1) is 36.9 Å². The van der Waals surface area contributed by atoms with Crippen molar-refractivity contribution >= 4 is 0 Å². The molecule has 12 heteroatoms. The Morgan fingerprint density at radius 3 is 2.21 bits per heavy atom. The van der Waals surface area contributed by atoms with E-state index in [0.717, 1.165) is 0 Å². The van der Waals surface area contributed by atoms with E-state index in [1.54, 1.807) is 0 Å². The molecule has 0 radical (unpaired) electrons. The molecule has 4 rings (SSSR count). The molecular formula is C22H39O12+. The summed E-state index contributed by atoms with van der Waals surface area (Å²) in [5.41, 5.74) is 0. The smallest absolute Gasteiger partial charge is 0.187 e. The summed E-state index contributed by atoms with van der Waals surface area (Å²) in [6, 6.07) is 0. The molecule has 0 amide bonds. The molecule has 15 atom stereocenters. The molecule has 198 valence electrons. The van der Waals surface area contributed by atoms with Gasteiger partial charge in [-0.05, 0) is 19.3 Å². The van der Waals surface area contributed by atoms with E-state index in [1.165, 1.54) is 7.11 Å². The SMILES string of the molecule is COC1CC(C2[OH+]C3CC(O)CC(O)C3CC2O[C@H]2O[C@H](CO)[C@@H](O)[C@H](O)[C@H]2O)CC(O)C1O. The van der Waals surface area contributed by atoms with Gasteiger partial charge < -0.3 is 59.8 Å². The highest BCUT2D eigenvalue weighted by molar-refractivity contribution is 4.99. The van der Waals surface area contributed by atoms with E-state index >= 15 is 0 Å². The predicted molar refractivity (Wildman–Crippen MR) is 113 cm³/mol. The number of hydrogen-bond donors (Lipinski definition) is 8. The maximum atomic E-state index is 10.6. The summed E-state index contributed by atoms with van der Waals surface area (Å²) in [5, 5.41) is 81.7. The van der Waals surface area contributed by atoms with E-state index in [-0.39, 0.29) is 30.8 Å². The normalized spacial score (nSPS) is 54.4. The minimum absolute atomic E-state index is 0.216. The number of hydrogen-bond acceptors (Lipinski definition) is 11. The van der Waals surface area contributed by atoms with Crippen LogP contribution >= 0.6 is 0 Å². The van der Waals surface area contributed by atoms with Gasteiger partial charge in [-0.1, -0.05) is 0 Å². The Morgan fingerprint density at radius 1 is 0.794 bits per heavy atom. The fraction of sp³-hybridized carbons (Fsp3) is 1.00. The van der Waals surface area contributed by atoms with Crippen LogP contribution in [0.15, 0.2) is 0 Å². The molecule has 2 saturated carbocycles. The van der Waals surface area contributed by atoms with Crippen LogP contribution < -0.4 is 0 Å². The van der Waals surface area contributed by atoms with Crippen LogP contribution in [0, 0.1) is 11.8 Å². The number of aliphatic hydroxyl groups is 10. The summed E-state index contributed by atoms with van der Waals surface area (Å²) in [5.74, 6) is -0.567. The van der Waals surface area contributed by atoms with Crippen molar-refractivity contribution in [1.29, 1.82) is 0 Å². The third-order valence-corrected chi connectivity index (χ3v) is 8.06. The van der Waals surface area contributed by atoms with E-state index in [1.807, 2.05) is 0 Å². The number of ether oxygens (including phenoxy) is 4. The van der Waals surface area contributed by atoms with Gasteiger partial charge in [0.25, 0.3) is 0 Å². The number of fused-ring (bicyclic) bond motifs is 1. The quantitative estimate of drug-likeness (QED) is 0.173. The topological polar surface area (TPSA) is 202 Å². The molecule has 2 saturated heterocycles. The lowest BCUT2D eigenvalue weighted by Crippen LogP contribution is -2.63. The molecule has 0 bridgehead atoms. The van der Waals surface area contributed by atoms with Crippen LogP contribution in [0.1, 0.15) is 32.1 Å². The van der Waals surface area contributed by atoms with E-state index in [4.69, 9.17) is 18.9 Å². The van der Waals surface area contributed by atoms with Crippen molar-refractivity contribution in [1.82, 2.24) is 0 Å². The maximum absolute atomic E-state index is 10.6. The Bertz CT molecular complexity index is 666. The largest absolute Gasteiger partial charge is 0.427 e. The van der Waals surface area contributed by atoms with E-state index in [9.17, 15) is 40.9 Å². The van der Waals surface area contributed by atoms with Gasteiger partial charge in [-0.3, -0.25) is 0 Å². The highest BCUT2D eigenvalue weighted by Crippen LogP contribution is 2.42. The Hall–Kier alpha value is -0.480. The first kappa shape index (κ1) is 26.6. The lowest BCUT2D eigenvalue weighted by atomic mass is 9.72. The van der Waals surface area contributed by atoms with Crippen LogP contribution in [0.4, 0.5) is 0 Å². The van der Waals surface area contributed by atoms with Crippen molar-refractivity contribution in [3.63, 3.8) is 0 Å². The molecule has 34 heavy (non-hydrogen) atoms. The second-order valence-corrected chi connectivity index (χ2v) is 10.2.